The molecule has 6 nitrogen and oxygen atoms in total. The van der Waals surface area contributed by atoms with Crippen molar-refractivity contribution in [3.63, 3.8) is 0 Å². The standard InChI is InChI=1S/C23H22N2O4/c1-27-21-11-17(12-22(14-21)28-2)8-9-23(26)25-19-6-3-7-20(13-19)29-16-18-5-4-10-24-15-18/h3-15H,16H2,1-2H3,(H,25,26). The van der Waals surface area contributed by atoms with Gasteiger partial charge in [0.2, 0.25) is 5.91 Å². The Bertz CT molecular complexity index is 965. The van der Waals surface area contributed by atoms with Crippen LogP contribution in [0.5, 0.6) is 17.2 Å². The maximum absolute atomic E-state index is 12.3. The van der Waals surface area contributed by atoms with E-state index in [1.807, 2.05) is 36.4 Å². The number of methoxy groups -OCH3 is 2. The maximum atomic E-state index is 12.3. The maximum Gasteiger partial charge on any atom is 0.248 e. The van der Waals surface area contributed by atoms with Crippen LogP contribution >= 0.6 is 0 Å². The number of anilines is 1. The van der Waals surface area contributed by atoms with Crippen molar-refractivity contribution in [3.8, 4) is 17.2 Å². The molecule has 2 aromatic carbocycles. The predicted octanol–water partition coefficient (Wildman–Crippen LogP) is 4.33. The van der Waals surface area contributed by atoms with Crippen molar-refractivity contribution in [2.45, 2.75) is 6.61 Å². The fourth-order valence-corrected chi connectivity index (χ4v) is 2.60. The molecule has 0 aliphatic rings. The number of amides is 1. The molecule has 0 atom stereocenters. The fourth-order valence-electron chi connectivity index (χ4n) is 2.60. The highest BCUT2D eigenvalue weighted by molar-refractivity contribution is 6.02. The van der Waals surface area contributed by atoms with Crippen LogP contribution in [0.25, 0.3) is 6.08 Å². The molecule has 1 heterocycles. The largest absolute Gasteiger partial charge is 0.497 e. The second kappa shape index (κ2) is 9.94. The molecule has 0 spiro atoms. The van der Waals surface area contributed by atoms with Crippen molar-refractivity contribution in [2.24, 2.45) is 0 Å². The molecule has 1 N–H and O–H groups in total. The van der Waals surface area contributed by atoms with E-state index in [9.17, 15) is 4.79 Å². The summed E-state index contributed by atoms with van der Waals surface area (Å²) in [6.45, 7) is 0.406. The van der Waals surface area contributed by atoms with Crippen molar-refractivity contribution >= 4 is 17.7 Å². The lowest BCUT2D eigenvalue weighted by atomic mass is 10.2. The summed E-state index contributed by atoms with van der Waals surface area (Å²) >= 11 is 0. The Morgan fingerprint density at radius 2 is 1.79 bits per heavy atom. The van der Waals surface area contributed by atoms with Crippen molar-refractivity contribution in [2.75, 3.05) is 19.5 Å². The van der Waals surface area contributed by atoms with Crippen LogP contribution in [0.1, 0.15) is 11.1 Å². The van der Waals surface area contributed by atoms with Gasteiger partial charge < -0.3 is 19.5 Å². The second-order valence-corrected chi connectivity index (χ2v) is 6.15. The SMILES string of the molecule is COc1cc(C=CC(=O)Nc2cccc(OCc3cccnc3)c2)cc(OC)c1. The van der Waals surface area contributed by atoms with E-state index in [0.29, 0.717) is 29.5 Å². The summed E-state index contributed by atoms with van der Waals surface area (Å²) in [6, 6.07) is 16.5. The van der Waals surface area contributed by atoms with E-state index < -0.39 is 0 Å². The molecular formula is C23H22N2O4. The van der Waals surface area contributed by atoms with Crippen LogP contribution in [-0.2, 0) is 11.4 Å². The number of nitrogens with zero attached hydrogens (tertiary/aromatic N) is 1. The summed E-state index contributed by atoms with van der Waals surface area (Å²) in [7, 11) is 3.16. The lowest BCUT2D eigenvalue weighted by Gasteiger charge is -2.08. The third-order valence-electron chi connectivity index (χ3n) is 4.03. The normalized spacial score (nSPS) is 10.6. The van der Waals surface area contributed by atoms with E-state index >= 15 is 0 Å². The van der Waals surface area contributed by atoms with Crippen LogP contribution in [0, 0.1) is 0 Å². The van der Waals surface area contributed by atoms with Gasteiger partial charge in [-0.2, -0.15) is 0 Å². The van der Waals surface area contributed by atoms with Crippen molar-refractivity contribution in [3.05, 3.63) is 84.2 Å². The third-order valence-corrected chi connectivity index (χ3v) is 4.03. The summed E-state index contributed by atoms with van der Waals surface area (Å²) in [5.41, 5.74) is 2.41. The van der Waals surface area contributed by atoms with E-state index in [0.717, 1.165) is 11.1 Å². The van der Waals surface area contributed by atoms with Crippen molar-refractivity contribution in [1.29, 1.82) is 0 Å². The van der Waals surface area contributed by atoms with Crippen LogP contribution in [0.15, 0.2) is 73.1 Å². The van der Waals surface area contributed by atoms with E-state index in [-0.39, 0.29) is 5.91 Å². The molecule has 0 bridgehead atoms. The molecule has 0 radical (unpaired) electrons. The van der Waals surface area contributed by atoms with Gasteiger partial charge in [-0.1, -0.05) is 12.1 Å². The van der Waals surface area contributed by atoms with Gasteiger partial charge in [-0.05, 0) is 42.0 Å². The number of carbonyl (C=O) groups excluding carboxylic acids is 1. The molecule has 3 aromatic rings. The Kier molecular flexibility index (Phi) is 6.84. The Hall–Kier alpha value is -3.80. The number of benzene rings is 2. The molecule has 29 heavy (non-hydrogen) atoms. The molecule has 1 aromatic heterocycles. The minimum Gasteiger partial charge on any atom is -0.497 e. The summed E-state index contributed by atoms with van der Waals surface area (Å²) in [5, 5.41) is 2.83. The topological polar surface area (TPSA) is 69.7 Å². The Labute approximate surface area is 169 Å². The average Bonchev–Trinajstić information content (AvgIpc) is 2.77. The molecule has 0 aliphatic heterocycles. The number of aromatic nitrogens is 1. The van der Waals surface area contributed by atoms with Gasteiger partial charge in [-0.25, -0.2) is 0 Å². The highest BCUT2D eigenvalue weighted by atomic mass is 16.5. The Balaban J connectivity index is 1.61. The number of ether oxygens (including phenoxy) is 3. The van der Waals surface area contributed by atoms with Crippen molar-refractivity contribution < 1.29 is 19.0 Å². The van der Waals surface area contributed by atoms with Gasteiger partial charge in [0.05, 0.1) is 14.2 Å². The molecule has 148 valence electrons. The zero-order valence-corrected chi connectivity index (χ0v) is 16.3. The first-order valence-corrected chi connectivity index (χ1v) is 9.00. The van der Waals surface area contributed by atoms with Gasteiger partial charge in [0.25, 0.3) is 0 Å². The van der Waals surface area contributed by atoms with E-state index in [2.05, 4.69) is 10.3 Å². The molecule has 0 saturated heterocycles. The van der Waals surface area contributed by atoms with Gasteiger partial charge in [0.15, 0.2) is 0 Å². The molecule has 6 heteroatoms. The smallest absolute Gasteiger partial charge is 0.248 e. The number of nitrogens with one attached hydrogen (secondary N) is 1. The molecule has 3 rings (SSSR count). The zero-order valence-electron chi connectivity index (χ0n) is 16.3. The van der Waals surface area contributed by atoms with Gasteiger partial charge in [-0.15, -0.1) is 0 Å². The van der Waals surface area contributed by atoms with Crippen LogP contribution in [0.4, 0.5) is 5.69 Å². The fraction of sp³-hybridized carbons (Fsp3) is 0.130. The number of rotatable bonds is 8. The van der Waals surface area contributed by atoms with Crippen LogP contribution in [0.2, 0.25) is 0 Å². The summed E-state index contributed by atoms with van der Waals surface area (Å²) in [6.07, 6.45) is 6.62. The van der Waals surface area contributed by atoms with Crippen LogP contribution in [-0.4, -0.2) is 25.1 Å². The van der Waals surface area contributed by atoms with Crippen LogP contribution in [0.3, 0.4) is 0 Å². The number of pyridine rings is 1. The van der Waals surface area contributed by atoms with E-state index in [1.54, 1.807) is 50.9 Å². The molecule has 1 amide bonds. The van der Waals surface area contributed by atoms with Crippen molar-refractivity contribution in [1.82, 2.24) is 4.98 Å². The van der Waals surface area contributed by atoms with Gasteiger partial charge in [0, 0.05) is 41.9 Å². The highest BCUT2D eigenvalue weighted by Gasteiger charge is 2.03. The van der Waals surface area contributed by atoms with Gasteiger partial charge >= 0.3 is 0 Å². The monoisotopic (exact) mass is 390 g/mol. The number of hydrogen-bond donors (Lipinski definition) is 1. The highest BCUT2D eigenvalue weighted by Crippen LogP contribution is 2.23. The molecule has 0 fully saturated rings. The average molecular weight is 390 g/mol. The lowest BCUT2D eigenvalue weighted by Crippen LogP contribution is -2.07. The Morgan fingerprint density at radius 3 is 2.48 bits per heavy atom. The third kappa shape index (κ3) is 6.10. The van der Waals surface area contributed by atoms with E-state index in [4.69, 9.17) is 14.2 Å². The number of hydrogen-bond acceptors (Lipinski definition) is 5. The minimum absolute atomic E-state index is 0.254. The Morgan fingerprint density at radius 1 is 1.00 bits per heavy atom. The first kappa shape index (κ1) is 19.9. The first-order chi connectivity index (χ1) is 14.2. The second-order valence-electron chi connectivity index (χ2n) is 6.15. The quantitative estimate of drug-likeness (QED) is 0.580. The summed E-state index contributed by atoms with van der Waals surface area (Å²) in [4.78, 5) is 16.3. The molecular weight excluding hydrogens is 368 g/mol. The first-order valence-electron chi connectivity index (χ1n) is 9.00. The zero-order chi connectivity index (χ0) is 20.5. The summed E-state index contributed by atoms with van der Waals surface area (Å²) < 4.78 is 16.2. The lowest BCUT2D eigenvalue weighted by molar-refractivity contribution is -0.111. The molecule has 0 saturated carbocycles. The molecule has 0 unspecified atom stereocenters. The van der Waals surface area contributed by atoms with Gasteiger partial charge in [0.1, 0.15) is 23.9 Å². The summed E-state index contributed by atoms with van der Waals surface area (Å²) in [5.74, 6) is 1.72. The predicted molar refractivity (Wildman–Crippen MR) is 112 cm³/mol. The van der Waals surface area contributed by atoms with E-state index in [1.165, 1.54) is 6.08 Å². The van der Waals surface area contributed by atoms with Gasteiger partial charge in [-0.3, -0.25) is 9.78 Å². The number of carbonyl (C=O) groups is 1. The minimum atomic E-state index is -0.254. The van der Waals surface area contributed by atoms with Crippen LogP contribution < -0.4 is 19.5 Å². The molecule has 0 aliphatic carbocycles.